The molecule has 1 atom stereocenters. The van der Waals surface area contributed by atoms with E-state index in [1.165, 1.54) is 0 Å². The van der Waals surface area contributed by atoms with Crippen molar-refractivity contribution in [3.63, 3.8) is 0 Å². The molecule has 0 aliphatic heterocycles. The number of aliphatic hydroxyl groups excluding tert-OH is 1. The number of aromatic nitrogens is 1. The Hall–Kier alpha value is -3.79. The minimum Gasteiger partial charge on any atom is -0.492 e. The number of aromatic amines is 1. The molecular weight excluding hydrogens is 478 g/mol. The largest absolute Gasteiger partial charge is 0.492 e. The van der Waals surface area contributed by atoms with Gasteiger partial charge in [-0.1, -0.05) is 59.9 Å². The number of H-pyrrole nitrogens is 1. The van der Waals surface area contributed by atoms with Crippen molar-refractivity contribution in [2.24, 2.45) is 0 Å². The minimum absolute atomic E-state index is 0.162. The van der Waals surface area contributed by atoms with Crippen LogP contribution >= 0.6 is 11.3 Å². The summed E-state index contributed by atoms with van der Waals surface area (Å²) in [6.07, 6.45) is 0.142. The van der Waals surface area contributed by atoms with Crippen molar-refractivity contribution in [1.29, 1.82) is 0 Å². The Morgan fingerprint density at radius 2 is 1.67 bits per heavy atom. The number of aliphatic hydroxyl groups is 1. The summed E-state index contributed by atoms with van der Waals surface area (Å²) in [5, 5.41) is 26.6. The fraction of sp³-hybridized carbons (Fsp3) is 0.222. The van der Waals surface area contributed by atoms with Crippen molar-refractivity contribution < 1.29 is 19.7 Å². The summed E-state index contributed by atoms with van der Waals surface area (Å²) in [6, 6.07) is 25.1. The number of benzene rings is 3. The second kappa shape index (κ2) is 12.8. The van der Waals surface area contributed by atoms with E-state index < -0.39 is 6.10 Å². The molecular formula is C27H29N3O5S. The third-order valence-electron chi connectivity index (χ3n) is 5.31. The Balaban J connectivity index is 1.13. The Morgan fingerprint density at radius 1 is 0.917 bits per heavy atom. The van der Waals surface area contributed by atoms with E-state index >= 15 is 0 Å². The van der Waals surface area contributed by atoms with E-state index in [-0.39, 0.29) is 17.4 Å². The van der Waals surface area contributed by atoms with Crippen LogP contribution in [0.4, 0.5) is 10.7 Å². The van der Waals surface area contributed by atoms with Crippen LogP contribution in [0, 0.1) is 0 Å². The van der Waals surface area contributed by atoms with Gasteiger partial charge in [-0.15, -0.1) is 0 Å². The maximum absolute atomic E-state index is 11.3. The average molecular weight is 508 g/mol. The maximum atomic E-state index is 11.3. The number of nitrogens with one attached hydrogen (secondary N) is 3. The monoisotopic (exact) mass is 507 g/mol. The van der Waals surface area contributed by atoms with Gasteiger partial charge in [0.15, 0.2) is 5.00 Å². The molecule has 1 aromatic heterocycles. The molecule has 4 rings (SSSR count). The van der Waals surface area contributed by atoms with Gasteiger partial charge in [0.05, 0.1) is 0 Å². The first kappa shape index (κ1) is 25.3. The summed E-state index contributed by atoms with van der Waals surface area (Å²) in [5.41, 5.74) is 2.99. The van der Waals surface area contributed by atoms with Crippen molar-refractivity contribution in [2.75, 3.05) is 25.0 Å². The Labute approximate surface area is 213 Å². The Bertz CT molecular complexity index is 1270. The van der Waals surface area contributed by atoms with Crippen LogP contribution in [0.15, 0.2) is 83.7 Å². The molecule has 0 spiro atoms. The van der Waals surface area contributed by atoms with Gasteiger partial charge >= 0.3 is 4.87 Å². The van der Waals surface area contributed by atoms with Crippen molar-refractivity contribution in [2.45, 2.75) is 19.1 Å². The molecule has 0 bridgehead atoms. The molecule has 36 heavy (non-hydrogen) atoms. The number of hydrogen-bond donors (Lipinski definition) is 5. The van der Waals surface area contributed by atoms with Crippen LogP contribution in [0.2, 0.25) is 0 Å². The number of aromatic hydroxyl groups is 1. The molecule has 188 valence electrons. The fourth-order valence-electron chi connectivity index (χ4n) is 3.44. The zero-order valence-corrected chi connectivity index (χ0v) is 20.5. The third-order valence-corrected chi connectivity index (χ3v) is 6.10. The molecule has 0 aliphatic carbocycles. The van der Waals surface area contributed by atoms with Gasteiger partial charge in [0, 0.05) is 18.3 Å². The van der Waals surface area contributed by atoms with Gasteiger partial charge in [0.2, 0.25) is 5.88 Å². The number of thiazole rings is 1. The van der Waals surface area contributed by atoms with Gasteiger partial charge < -0.3 is 30.3 Å². The molecule has 1 heterocycles. The van der Waals surface area contributed by atoms with Crippen molar-refractivity contribution >= 4 is 22.0 Å². The highest BCUT2D eigenvalue weighted by atomic mass is 32.1. The number of ether oxygens (including phenoxy) is 2. The summed E-state index contributed by atoms with van der Waals surface area (Å²) in [5.74, 6) is 1.20. The van der Waals surface area contributed by atoms with Gasteiger partial charge in [0.25, 0.3) is 0 Å². The van der Waals surface area contributed by atoms with E-state index in [9.17, 15) is 15.0 Å². The number of rotatable bonds is 13. The second-order valence-electron chi connectivity index (χ2n) is 8.18. The highest BCUT2D eigenvalue weighted by Gasteiger charge is 2.08. The summed E-state index contributed by atoms with van der Waals surface area (Å²) >= 11 is 0.915. The fourth-order valence-corrected chi connectivity index (χ4v) is 4.09. The van der Waals surface area contributed by atoms with E-state index in [4.69, 9.17) is 9.47 Å². The SMILES string of the molecule is O=c1[nH]c(O)c(Nc2ccc(CCNC[C@H](O)COc3cccc(OCc4ccccc4)c3)cc2)s1. The lowest BCUT2D eigenvalue weighted by molar-refractivity contribution is 0.106. The first-order valence-corrected chi connectivity index (χ1v) is 12.4. The van der Waals surface area contributed by atoms with Crippen LogP contribution in [0.25, 0.3) is 0 Å². The normalized spacial score (nSPS) is 11.7. The molecule has 9 heteroatoms. The van der Waals surface area contributed by atoms with Crippen molar-refractivity contribution in [3.8, 4) is 17.4 Å². The molecule has 3 aromatic carbocycles. The van der Waals surface area contributed by atoms with Gasteiger partial charge in [-0.2, -0.15) is 0 Å². The third kappa shape index (κ3) is 7.88. The molecule has 0 radical (unpaired) electrons. The molecule has 0 unspecified atom stereocenters. The second-order valence-corrected chi connectivity index (χ2v) is 9.17. The highest BCUT2D eigenvalue weighted by molar-refractivity contribution is 7.13. The molecule has 0 fully saturated rings. The van der Waals surface area contributed by atoms with Crippen LogP contribution in [-0.4, -0.2) is 41.0 Å². The molecule has 0 amide bonds. The molecule has 0 saturated carbocycles. The van der Waals surface area contributed by atoms with Crippen molar-refractivity contribution in [1.82, 2.24) is 10.3 Å². The van der Waals surface area contributed by atoms with Crippen LogP contribution < -0.4 is 25.0 Å². The lowest BCUT2D eigenvalue weighted by atomic mass is 10.1. The lowest BCUT2D eigenvalue weighted by Crippen LogP contribution is -2.32. The van der Waals surface area contributed by atoms with E-state index in [0.717, 1.165) is 34.6 Å². The predicted molar refractivity (Wildman–Crippen MR) is 142 cm³/mol. The highest BCUT2D eigenvalue weighted by Crippen LogP contribution is 2.27. The standard InChI is InChI=1S/C27H29N3O5S/c31-22(18-35-24-8-4-7-23(15-24)34-17-20-5-2-1-3-6-20)16-28-14-13-19-9-11-21(12-10-19)29-26-25(32)30-27(33)36-26/h1-12,15,22,28-29,31-32H,13-14,16-18H2,(H,30,33)/t22-/m0/s1. The molecule has 5 N–H and O–H groups in total. The summed E-state index contributed by atoms with van der Waals surface area (Å²) in [6.45, 7) is 1.77. The van der Waals surface area contributed by atoms with E-state index in [0.29, 0.717) is 36.2 Å². The zero-order chi connectivity index (χ0) is 25.2. The smallest absolute Gasteiger partial charge is 0.309 e. The quantitative estimate of drug-likeness (QED) is 0.174. The molecule has 4 aromatic rings. The van der Waals surface area contributed by atoms with Crippen LogP contribution in [-0.2, 0) is 13.0 Å². The maximum Gasteiger partial charge on any atom is 0.309 e. The van der Waals surface area contributed by atoms with Gasteiger partial charge in [0.1, 0.15) is 30.8 Å². The Kier molecular flexibility index (Phi) is 8.98. The first-order chi connectivity index (χ1) is 17.5. The minimum atomic E-state index is -0.647. The number of hydrogen-bond acceptors (Lipinski definition) is 8. The summed E-state index contributed by atoms with van der Waals surface area (Å²) < 4.78 is 11.6. The predicted octanol–water partition coefficient (Wildman–Crippen LogP) is 4.04. The van der Waals surface area contributed by atoms with Gasteiger partial charge in [-0.25, -0.2) is 0 Å². The number of anilines is 2. The lowest BCUT2D eigenvalue weighted by Gasteiger charge is -2.14. The van der Waals surface area contributed by atoms with E-state index in [2.05, 4.69) is 15.6 Å². The summed E-state index contributed by atoms with van der Waals surface area (Å²) in [4.78, 5) is 13.3. The van der Waals surface area contributed by atoms with Crippen molar-refractivity contribution in [3.05, 3.63) is 99.7 Å². The van der Waals surface area contributed by atoms with Crippen LogP contribution in [0.1, 0.15) is 11.1 Å². The van der Waals surface area contributed by atoms with Gasteiger partial charge in [-0.05, 0) is 48.4 Å². The average Bonchev–Trinajstić information content (AvgIpc) is 3.22. The molecule has 0 aliphatic rings. The van der Waals surface area contributed by atoms with Gasteiger partial charge in [-0.3, -0.25) is 9.78 Å². The summed E-state index contributed by atoms with van der Waals surface area (Å²) in [7, 11) is 0. The van der Waals surface area contributed by atoms with E-state index in [1.807, 2.05) is 78.9 Å². The zero-order valence-electron chi connectivity index (χ0n) is 19.6. The Morgan fingerprint density at radius 3 is 2.39 bits per heavy atom. The van der Waals surface area contributed by atoms with Crippen LogP contribution in [0.3, 0.4) is 0 Å². The van der Waals surface area contributed by atoms with Crippen LogP contribution in [0.5, 0.6) is 17.4 Å². The topological polar surface area (TPSA) is 116 Å². The molecule has 0 saturated heterocycles. The first-order valence-electron chi connectivity index (χ1n) is 11.6. The van der Waals surface area contributed by atoms with E-state index in [1.54, 1.807) is 0 Å². The molecule has 8 nitrogen and oxygen atoms in total.